The van der Waals surface area contributed by atoms with Crippen LogP contribution in [0.15, 0.2) is 12.7 Å². The molecule has 0 spiro atoms. The lowest BCUT2D eigenvalue weighted by Gasteiger charge is -2.34. The van der Waals surface area contributed by atoms with E-state index in [4.69, 9.17) is 21.1 Å². The summed E-state index contributed by atoms with van der Waals surface area (Å²) in [5.74, 6) is -0.787. The van der Waals surface area contributed by atoms with Crippen molar-refractivity contribution in [1.82, 2.24) is 0 Å². The Balaban J connectivity index is 2.02. The van der Waals surface area contributed by atoms with Crippen LogP contribution in [0.4, 0.5) is 0 Å². The first kappa shape index (κ1) is 11.1. The van der Waals surface area contributed by atoms with Crippen LogP contribution in [0.2, 0.25) is 0 Å². The van der Waals surface area contributed by atoms with Crippen molar-refractivity contribution in [3.05, 3.63) is 12.7 Å². The molecule has 4 nitrogen and oxygen atoms in total. The van der Waals surface area contributed by atoms with Crippen molar-refractivity contribution in [2.75, 3.05) is 0 Å². The summed E-state index contributed by atoms with van der Waals surface area (Å²) >= 11 is 6.34. The second-order valence-corrected chi connectivity index (χ2v) is 5.53. The highest BCUT2D eigenvalue weighted by molar-refractivity contribution is 6.24. The number of carbonyl (C=O) groups is 2. The van der Waals surface area contributed by atoms with Crippen molar-refractivity contribution in [2.24, 2.45) is 17.8 Å². The first-order chi connectivity index (χ1) is 8.02. The third kappa shape index (κ3) is 1.09. The minimum absolute atomic E-state index is 0.0959. The molecule has 6 unspecified atom stereocenters. The maximum absolute atomic E-state index is 12.0. The van der Waals surface area contributed by atoms with E-state index >= 15 is 0 Å². The Kier molecular flexibility index (Phi) is 2.12. The molecule has 17 heavy (non-hydrogen) atoms. The number of ether oxygens (including phenoxy) is 2. The summed E-state index contributed by atoms with van der Waals surface area (Å²) in [6, 6.07) is 0. The fourth-order valence-electron chi connectivity index (χ4n) is 3.63. The van der Waals surface area contributed by atoms with Crippen LogP contribution in [0.3, 0.4) is 0 Å². The summed E-state index contributed by atoms with van der Waals surface area (Å²) in [5, 5.41) is -0.488. The Bertz CT molecular complexity index is 421. The summed E-state index contributed by atoms with van der Waals surface area (Å²) in [6.07, 6.45) is 1.69. The summed E-state index contributed by atoms with van der Waals surface area (Å²) < 4.78 is 10.6. The van der Waals surface area contributed by atoms with Crippen LogP contribution in [0, 0.1) is 17.8 Å². The molecular formula is C12H13ClO4. The number of halogens is 1. The van der Waals surface area contributed by atoms with Gasteiger partial charge in [-0.05, 0) is 18.3 Å². The number of carbonyl (C=O) groups excluding carboxylic acids is 2. The van der Waals surface area contributed by atoms with Gasteiger partial charge < -0.3 is 9.47 Å². The van der Waals surface area contributed by atoms with E-state index < -0.39 is 22.9 Å². The molecule has 0 aromatic heterocycles. The second kappa shape index (κ2) is 3.25. The molecule has 3 rings (SSSR count). The Morgan fingerprint density at radius 3 is 3.00 bits per heavy atom. The molecule has 5 heteroatoms. The number of fused-ring (bicyclic) bond motifs is 1. The van der Waals surface area contributed by atoms with E-state index in [1.54, 1.807) is 0 Å². The van der Waals surface area contributed by atoms with Crippen molar-refractivity contribution in [1.29, 1.82) is 0 Å². The van der Waals surface area contributed by atoms with Gasteiger partial charge in [0.05, 0.1) is 5.38 Å². The van der Waals surface area contributed by atoms with Crippen LogP contribution < -0.4 is 0 Å². The van der Waals surface area contributed by atoms with Gasteiger partial charge in [-0.2, -0.15) is 0 Å². The van der Waals surface area contributed by atoms with Gasteiger partial charge in [-0.3, -0.25) is 0 Å². The average Bonchev–Trinajstić information content (AvgIpc) is 2.84. The van der Waals surface area contributed by atoms with Gasteiger partial charge in [-0.25, -0.2) is 9.59 Å². The molecule has 3 aliphatic rings. The Morgan fingerprint density at radius 1 is 1.71 bits per heavy atom. The Morgan fingerprint density at radius 2 is 2.41 bits per heavy atom. The molecule has 2 bridgehead atoms. The van der Waals surface area contributed by atoms with Crippen molar-refractivity contribution in [3.8, 4) is 0 Å². The zero-order chi connectivity index (χ0) is 12.4. The zero-order valence-electron chi connectivity index (χ0n) is 9.39. The fourth-order valence-corrected chi connectivity index (χ4v) is 4.26. The maximum atomic E-state index is 12.0. The quantitative estimate of drug-likeness (QED) is 0.424. The van der Waals surface area contributed by atoms with Crippen LogP contribution in [-0.2, 0) is 19.1 Å². The van der Waals surface area contributed by atoms with Crippen LogP contribution in [0.25, 0.3) is 0 Å². The number of rotatable bonds is 2. The summed E-state index contributed by atoms with van der Waals surface area (Å²) in [7, 11) is 0. The lowest BCUT2D eigenvalue weighted by atomic mass is 9.79. The lowest BCUT2D eigenvalue weighted by Crippen LogP contribution is -2.52. The van der Waals surface area contributed by atoms with Crippen LogP contribution in [0.5, 0.6) is 0 Å². The molecule has 0 amide bonds. The first-order valence-corrected chi connectivity index (χ1v) is 6.16. The van der Waals surface area contributed by atoms with E-state index in [1.165, 1.54) is 0 Å². The SMILES string of the molecule is C=CC(=O)OC12C(=O)OC3C(C)C(CC31)C2Cl. The van der Waals surface area contributed by atoms with Crippen molar-refractivity contribution in [2.45, 2.75) is 30.4 Å². The minimum Gasteiger partial charge on any atom is -0.459 e. The van der Waals surface area contributed by atoms with Crippen molar-refractivity contribution < 1.29 is 19.1 Å². The smallest absolute Gasteiger partial charge is 0.352 e. The molecule has 6 atom stereocenters. The van der Waals surface area contributed by atoms with Gasteiger partial charge in [0.15, 0.2) is 0 Å². The monoisotopic (exact) mass is 256 g/mol. The summed E-state index contributed by atoms with van der Waals surface area (Å²) in [5.41, 5.74) is -1.27. The predicted octanol–water partition coefficient (Wildman–Crippen LogP) is 1.27. The van der Waals surface area contributed by atoms with E-state index in [0.29, 0.717) is 0 Å². The highest BCUT2D eigenvalue weighted by Gasteiger charge is 2.76. The van der Waals surface area contributed by atoms with E-state index in [0.717, 1.165) is 12.5 Å². The van der Waals surface area contributed by atoms with Gasteiger partial charge in [0.25, 0.3) is 0 Å². The molecule has 0 N–H and O–H groups in total. The van der Waals surface area contributed by atoms with E-state index in [1.807, 2.05) is 6.92 Å². The minimum atomic E-state index is -1.27. The number of alkyl halides is 1. The number of esters is 2. The van der Waals surface area contributed by atoms with Gasteiger partial charge in [-0.1, -0.05) is 13.5 Å². The maximum Gasteiger partial charge on any atom is 0.352 e. The summed E-state index contributed by atoms with van der Waals surface area (Å²) in [4.78, 5) is 23.4. The summed E-state index contributed by atoms with van der Waals surface area (Å²) in [6.45, 7) is 5.37. The van der Waals surface area contributed by atoms with Crippen molar-refractivity contribution >= 4 is 23.5 Å². The molecule has 0 aromatic rings. The topological polar surface area (TPSA) is 52.6 Å². The van der Waals surface area contributed by atoms with Crippen molar-refractivity contribution in [3.63, 3.8) is 0 Å². The first-order valence-electron chi connectivity index (χ1n) is 5.73. The Labute approximate surface area is 104 Å². The number of hydrogen-bond acceptors (Lipinski definition) is 4. The standard InChI is InChI=1S/C12H13ClO4/c1-3-8(14)17-12-7-4-6(10(12)13)5(2)9(7)16-11(12)15/h3,5-7,9-10H,1,4H2,2H3. The third-order valence-corrected chi connectivity index (χ3v) is 5.10. The lowest BCUT2D eigenvalue weighted by molar-refractivity contribution is -0.170. The van der Waals surface area contributed by atoms with Crippen LogP contribution in [-0.4, -0.2) is 29.0 Å². The molecule has 92 valence electrons. The normalized spacial score (nSPS) is 50.2. The van der Waals surface area contributed by atoms with Crippen LogP contribution >= 0.6 is 11.6 Å². The highest BCUT2D eigenvalue weighted by atomic mass is 35.5. The molecule has 1 saturated heterocycles. The number of hydrogen-bond donors (Lipinski definition) is 0. The van der Waals surface area contributed by atoms with Gasteiger partial charge in [-0.15, -0.1) is 11.6 Å². The highest BCUT2D eigenvalue weighted by Crippen LogP contribution is 2.62. The third-order valence-electron chi connectivity index (χ3n) is 4.45. The van der Waals surface area contributed by atoms with E-state index in [2.05, 4.69) is 6.58 Å². The molecule has 1 aliphatic heterocycles. The second-order valence-electron chi connectivity index (χ2n) is 5.06. The zero-order valence-corrected chi connectivity index (χ0v) is 10.1. The van der Waals surface area contributed by atoms with Crippen LogP contribution in [0.1, 0.15) is 13.3 Å². The molecule has 1 heterocycles. The molecule has 2 saturated carbocycles. The van der Waals surface area contributed by atoms with E-state index in [-0.39, 0.29) is 23.9 Å². The fraction of sp³-hybridized carbons (Fsp3) is 0.667. The Hall–Kier alpha value is -1.03. The molecule has 3 fully saturated rings. The largest absolute Gasteiger partial charge is 0.459 e. The molecule has 0 radical (unpaired) electrons. The molecule has 0 aromatic carbocycles. The van der Waals surface area contributed by atoms with E-state index in [9.17, 15) is 9.59 Å². The molecular weight excluding hydrogens is 244 g/mol. The van der Waals surface area contributed by atoms with Gasteiger partial charge in [0, 0.05) is 12.0 Å². The average molecular weight is 257 g/mol. The molecule has 2 aliphatic carbocycles. The predicted molar refractivity (Wildman–Crippen MR) is 59.3 cm³/mol. The van der Waals surface area contributed by atoms with Gasteiger partial charge in [0.1, 0.15) is 6.10 Å². The van der Waals surface area contributed by atoms with Gasteiger partial charge in [0.2, 0.25) is 5.60 Å². The van der Waals surface area contributed by atoms with Gasteiger partial charge >= 0.3 is 11.9 Å².